The molecule has 4 aromatic rings. The zero-order valence-electron chi connectivity index (χ0n) is 11.8. The number of carbonyl (C=O) groups is 1. The Hall–Kier alpha value is -3.34. The monoisotopic (exact) mass is 299 g/mol. The fourth-order valence-corrected chi connectivity index (χ4v) is 3.27. The summed E-state index contributed by atoms with van der Waals surface area (Å²) in [6, 6.07) is 10.9. The van der Waals surface area contributed by atoms with Crippen molar-refractivity contribution < 1.29 is 4.79 Å². The Morgan fingerprint density at radius 2 is 1.78 bits per heavy atom. The average molecular weight is 299 g/mol. The molecule has 1 aliphatic carbocycles. The van der Waals surface area contributed by atoms with E-state index in [-0.39, 0.29) is 16.8 Å². The Morgan fingerprint density at radius 1 is 0.913 bits per heavy atom. The van der Waals surface area contributed by atoms with Gasteiger partial charge in [-0.2, -0.15) is 0 Å². The number of aromatic amines is 1. The molecule has 0 radical (unpaired) electrons. The molecule has 5 nitrogen and oxygen atoms in total. The molecule has 5 rings (SSSR count). The van der Waals surface area contributed by atoms with Gasteiger partial charge in [0.2, 0.25) is 5.78 Å². The van der Waals surface area contributed by atoms with Gasteiger partial charge in [-0.25, -0.2) is 4.98 Å². The van der Waals surface area contributed by atoms with E-state index >= 15 is 0 Å². The number of pyridine rings is 3. The lowest BCUT2D eigenvalue weighted by molar-refractivity contribution is 0.103. The maximum Gasteiger partial charge on any atom is 0.218 e. The topological polar surface area (TPSA) is 75.7 Å². The highest BCUT2D eigenvalue weighted by Crippen LogP contribution is 2.37. The summed E-state index contributed by atoms with van der Waals surface area (Å²) in [6.07, 6.45) is 3.23. The van der Waals surface area contributed by atoms with E-state index in [1.807, 2.05) is 30.3 Å². The van der Waals surface area contributed by atoms with E-state index in [0.717, 1.165) is 16.3 Å². The number of nitrogens with zero attached hydrogens (tertiary/aromatic N) is 2. The molecular formula is C18H9N3O2. The normalized spacial score (nSPS) is 12.6. The molecule has 1 aromatic carbocycles. The Balaban J connectivity index is 2.10. The van der Waals surface area contributed by atoms with E-state index in [0.29, 0.717) is 22.5 Å². The molecule has 0 saturated carbocycles. The molecule has 108 valence electrons. The maximum absolute atomic E-state index is 12.8. The number of aromatic nitrogens is 3. The summed E-state index contributed by atoms with van der Waals surface area (Å²) in [6.45, 7) is 0. The van der Waals surface area contributed by atoms with Crippen molar-refractivity contribution in [3.8, 4) is 11.4 Å². The third kappa shape index (κ3) is 1.46. The summed E-state index contributed by atoms with van der Waals surface area (Å²) in [5.74, 6) is -0.349. The van der Waals surface area contributed by atoms with Crippen LogP contribution >= 0.6 is 0 Å². The van der Waals surface area contributed by atoms with Crippen LogP contribution in [0.4, 0.5) is 0 Å². The summed E-state index contributed by atoms with van der Waals surface area (Å²) in [7, 11) is 0. The number of hydrogen-bond donors (Lipinski definition) is 1. The number of nitrogens with one attached hydrogen (secondary N) is 1. The minimum absolute atomic E-state index is 0.114. The Morgan fingerprint density at radius 3 is 2.70 bits per heavy atom. The van der Waals surface area contributed by atoms with E-state index in [9.17, 15) is 9.59 Å². The first kappa shape index (κ1) is 12.2. The lowest BCUT2D eigenvalue weighted by atomic mass is 9.90. The van der Waals surface area contributed by atoms with Crippen LogP contribution in [0.15, 0.2) is 53.6 Å². The van der Waals surface area contributed by atoms with Gasteiger partial charge in [-0.1, -0.05) is 18.2 Å². The molecule has 0 spiro atoms. The number of benzene rings is 1. The number of carbonyl (C=O) groups excluding carboxylic acids is 1. The number of H-pyrrole nitrogens is 1. The van der Waals surface area contributed by atoms with Gasteiger partial charge in [0.25, 0.3) is 0 Å². The van der Waals surface area contributed by atoms with E-state index in [1.54, 1.807) is 6.20 Å². The highest BCUT2D eigenvalue weighted by atomic mass is 16.1. The van der Waals surface area contributed by atoms with Crippen LogP contribution in [0.1, 0.15) is 16.1 Å². The number of fused-ring (bicyclic) bond motifs is 4. The van der Waals surface area contributed by atoms with E-state index in [4.69, 9.17) is 0 Å². The van der Waals surface area contributed by atoms with Gasteiger partial charge in [-0.3, -0.25) is 14.6 Å². The second kappa shape index (κ2) is 4.10. The standard InChI is InChI=1S/C18H9N3O2/c22-12-6-8-20-16-14(12)18(23)17-13-10(5-7-19-15(13)16)9-3-1-2-4-11(9)21-17/h1-8H,(H,20,22). The van der Waals surface area contributed by atoms with Crippen LogP contribution in [0.3, 0.4) is 0 Å². The van der Waals surface area contributed by atoms with Gasteiger partial charge >= 0.3 is 0 Å². The molecule has 0 amide bonds. The predicted octanol–water partition coefficient (Wildman–Crippen LogP) is 2.68. The number of hydrogen-bond acceptors (Lipinski definition) is 4. The smallest absolute Gasteiger partial charge is 0.218 e. The number of para-hydroxylation sites is 1. The van der Waals surface area contributed by atoms with Crippen molar-refractivity contribution in [3.05, 3.63) is 70.3 Å². The molecule has 3 heterocycles. The van der Waals surface area contributed by atoms with Crippen molar-refractivity contribution in [2.24, 2.45) is 0 Å². The van der Waals surface area contributed by atoms with Crippen LogP contribution in [0.25, 0.3) is 33.1 Å². The summed E-state index contributed by atoms with van der Waals surface area (Å²) in [5, 5.41) is 2.58. The second-order valence-electron chi connectivity index (χ2n) is 5.48. The van der Waals surface area contributed by atoms with Crippen molar-refractivity contribution in [2.75, 3.05) is 0 Å². The van der Waals surface area contributed by atoms with Crippen molar-refractivity contribution in [3.63, 3.8) is 0 Å². The molecule has 0 atom stereocenters. The predicted molar refractivity (Wildman–Crippen MR) is 86.5 cm³/mol. The SMILES string of the molecule is O=C1c2c([nH]ccc2=O)-c2nccc3c2c1nc1ccccc13. The first-order chi connectivity index (χ1) is 11.3. The van der Waals surface area contributed by atoms with E-state index in [2.05, 4.69) is 15.0 Å². The molecule has 23 heavy (non-hydrogen) atoms. The van der Waals surface area contributed by atoms with Gasteiger partial charge in [-0.05, 0) is 17.5 Å². The third-order valence-corrected chi connectivity index (χ3v) is 4.25. The molecule has 1 aliphatic rings. The average Bonchev–Trinajstić information content (AvgIpc) is 2.59. The first-order valence-electron chi connectivity index (χ1n) is 7.20. The van der Waals surface area contributed by atoms with Gasteiger partial charge in [0, 0.05) is 29.2 Å². The van der Waals surface area contributed by atoms with Gasteiger partial charge in [0.05, 0.1) is 22.5 Å². The maximum atomic E-state index is 12.8. The second-order valence-corrected chi connectivity index (χ2v) is 5.48. The van der Waals surface area contributed by atoms with E-state index < -0.39 is 0 Å². The van der Waals surface area contributed by atoms with Crippen molar-refractivity contribution in [1.82, 2.24) is 15.0 Å². The van der Waals surface area contributed by atoms with Crippen LogP contribution < -0.4 is 5.43 Å². The molecule has 0 bridgehead atoms. The Bertz CT molecular complexity index is 1210. The molecule has 5 heteroatoms. The minimum atomic E-state index is -0.349. The fourth-order valence-electron chi connectivity index (χ4n) is 3.27. The summed E-state index contributed by atoms with van der Waals surface area (Å²) in [4.78, 5) is 36.9. The highest BCUT2D eigenvalue weighted by Gasteiger charge is 2.30. The van der Waals surface area contributed by atoms with Gasteiger partial charge in [-0.15, -0.1) is 0 Å². The third-order valence-electron chi connectivity index (χ3n) is 4.25. The van der Waals surface area contributed by atoms with Crippen LogP contribution in [-0.2, 0) is 0 Å². The highest BCUT2D eigenvalue weighted by molar-refractivity contribution is 6.26. The van der Waals surface area contributed by atoms with Gasteiger partial charge in [0.1, 0.15) is 5.69 Å². The van der Waals surface area contributed by atoms with Gasteiger partial charge < -0.3 is 4.98 Å². The van der Waals surface area contributed by atoms with Crippen molar-refractivity contribution in [2.45, 2.75) is 0 Å². The summed E-state index contributed by atoms with van der Waals surface area (Å²) < 4.78 is 0. The molecule has 1 N–H and O–H groups in total. The summed E-state index contributed by atoms with van der Waals surface area (Å²) >= 11 is 0. The molecular weight excluding hydrogens is 290 g/mol. The Labute approximate surface area is 129 Å². The summed E-state index contributed by atoms with van der Waals surface area (Å²) in [5.41, 5.74) is 1.90. The number of rotatable bonds is 0. The Kier molecular flexibility index (Phi) is 2.18. The molecule has 0 aliphatic heterocycles. The molecule has 3 aromatic heterocycles. The molecule has 0 unspecified atom stereocenters. The lowest BCUT2D eigenvalue weighted by Crippen LogP contribution is -2.22. The zero-order chi connectivity index (χ0) is 15.6. The zero-order valence-corrected chi connectivity index (χ0v) is 11.8. The minimum Gasteiger partial charge on any atom is -0.359 e. The van der Waals surface area contributed by atoms with Crippen molar-refractivity contribution >= 4 is 27.5 Å². The molecule has 0 saturated heterocycles. The van der Waals surface area contributed by atoms with E-state index in [1.165, 1.54) is 12.3 Å². The first-order valence-corrected chi connectivity index (χ1v) is 7.20. The largest absolute Gasteiger partial charge is 0.359 e. The van der Waals surface area contributed by atoms with Crippen LogP contribution in [0.5, 0.6) is 0 Å². The fraction of sp³-hybridized carbons (Fsp3) is 0. The van der Waals surface area contributed by atoms with Crippen LogP contribution in [0, 0.1) is 0 Å². The van der Waals surface area contributed by atoms with Crippen molar-refractivity contribution in [1.29, 1.82) is 0 Å². The van der Waals surface area contributed by atoms with Crippen LogP contribution in [-0.4, -0.2) is 20.7 Å². The number of ketones is 1. The van der Waals surface area contributed by atoms with Crippen LogP contribution in [0.2, 0.25) is 0 Å². The lowest BCUT2D eigenvalue weighted by Gasteiger charge is -2.18. The quantitative estimate of drug-likeness (QED) is 0.446. The van der Waals surface area contributed by atoms with Gasteiger partial charge in [0.15, 0.2) is 5.43 Å². The molecule has 0 fully saturated rings.